The molecule has 0 spiro atoms. The number of fused-ring (bicyclic) bond motifs is 1. The highest BCUT2D eigenvalue weighted by atomic mass is 32.1. The Kier molecular flexibility index (Phi) is 6.12. The molecule has 0 unspecified atom stereocenters. The van der Waals surface area contributed by atoms with Crippen molar-refractivity contribution in [3.63, 3.8) is 0 Å². The normalized spacial score (nSPS) is 16.7. The number of nitrogens with one attached hydrogen (secondary N) is 1. The van der Waals surface area contributed by atoms with Gasteiger partial charge in [0, 0.05) is 23.5 Å². The molecule has 2 aromatic rings. The summed E-state index contributed by atoms with van der Waals surface area (Å²) in [7, 11) is 0. The van der Waals surface area contributed by atoms with Crippen LogP contribution < -0.4 is 10.2 Å². The van der Waals surface area contributed by atoms with Gasteiger partial charge in [-0.3, -0.25) is 9.59 Å². The van der Waals surface area contributed by atoms with Crippen molar-refractivity contribution in [1.82, 2.24) is 15.3 Å². The number of carbonyl (C=O) groups excluding carboxylic acids is 2. The fourth-order valence-electron chi connectivity index (χ4n) is 3.53. The van der Waals surface area contributed by atoms with Gasteiger partial charge < -0.3 is 15.0 Å². The Bertz CT molecular complexity index is 911. The quantitative estimate of drug-likeness (QED) is 0.767. The van der Waals surface area contributed by atoms with Gasteiger partial charge in [-0.25, -0.2) is 9.97 Å². The van der Waals surface area contributed by atoms with Gasteiger partial charge in [0.15, 0.2) is 6.10 Å². The number of hydrogen-bond donors (Lipinski definition) is 1. The predicted octanol–water partition coefficient (Wildman–Crippen LogP) is 3.37. The van der Waals surface area contributed by atoms with Gasteiger partial charge in [0.25, 0.3) is 5.91 Å². The van der Waals surface area contributed by atoms with E-state index in [0.717, 1.165) is 29.1 Å². The Morgan fingerprint density at radius 2 is 1.90 bits per heavy atom. The van der Waals surface area contributed by atoms with E-state index in [-0.39, 0.29) is 23.3 Å². The molecule has 158 valence electrons. The van der Waals surface area contributed by atoms with Crippen molar-refractivity contribution in [2.75, 3.05) is 18.0 Å². The second-order valence-electron chi connectivity index (χ2n) is 8.74. The van der Waals surface area contributed by atoms with Gasteiger partial charge in [0.05, 0.1) is 11.3 Å². The number of amides is 1. The number of esters is 1. The summed E-state index contributed by atoms with van der Waals surface area (Å²) in [5.74, 6) is 0.187. The molecule has 1 saturated heterocycles. The molecular formula is C21H30N4O3S. The largest absolute Gasteiger partial charge is 0.452 e. The first kappa shape index (κ1) is 21.5. The second kappa shape index (κ2) is 8.26. The summed E-state index contributed by atoms with van der Waals surface area (Å²) in [6.45, 7) is 13.0. The number of aryl methyl sites for hydroxylation is 2. The van der Waals surface area contributed by atoms with Crippen molar-refractivity contribution >= 4 is 39.2 Å². The van der Waals surface area contributed by atoms with Crippen LogP contribution in [0.15, 0.2) is 6.33 Å². The standard InChI is InChI=1S/C21H30N4O3S/c1-12-14(3)29-19-16(12)17(22-11-23-19)25-9-7-15(8-10-25)20(27)28-13(2)18(26)24-21(4,5)6/h11,13,15H,7-10H2,1-6H3,(H,24,26)/t13-/m1/s1. The minimum Gasteiger partial charge on any atom is -0.452 e. The minimum absolute atomic E-state index is 0.196. The summed E-state index contributed by atoms with van der Waals surface area (Å²) in [5.41, 5.74) is 0.866. The smallest absolute Gasteiger partial charge is 0.309 e. The fourth-order valence-corrected chi connectivity index (χ4v) is 4.52. The number of piperidine rings is 1. The zero-order valence-electron chi connectivity index (χ0n) is 18.0. The second-order valence-corrected chi connectivity index (χ2v) is 9.94. The lowest BCUT2D eigenvalue weighted by atomic mass is 9.96. The van der Waals surface area contributed by atoms with Gasteiger partial charge in [-0.1, -0.05) is 0 Å². The molecule has 7 nitrogen and oxygen atoms in total. The number of rotatable bonds is 4. The Labute approximate surface area is 175 Å². The van der Waals surface area contributed by atoms with Gasteiger partial charge in [-0.15, -0.1) is 11.3 Å². The number of thiophene rings is 1. The summed E-state index contributed by atoms with van der Waals surface area (Å²) >= 11 is 1.69. The SMILES string of the molecule is Cc1sc2ncnc(N3CCC(C(=O)O[C@H](C)C(=O)NC(C)(C)C)CC3)c2c1C. The fraction of sp³-hybridized carbons (Fsp3) is 0.619. The van der Waals surface area contributed by atoms with Gasteiger partial charge in [-0.05, 0) is 59.9 Å². The van der Waals surface area contributed by atoms with E-state index in [9.17, 15) is 9.59 Å². The van der Waals surface area contributed by atoms with Crippen molar-refractivity contribution in [3.05, 3.63) is 16.8 Å². The number of ether oxygens (including phenoxy) is 1. The summed E-state index contributed by atoms with van der Waals surface area (Å²) in [4.78, 5) is 38.1. The molecule has 29 heavy (non-hydrogen) atoms. The number of anilines is 1. The molecule has 1 aliphatic heterocycles. The lowest BCUT2D eigenvalue weighted by Gasteiger charge is -2.32. The topological polar surface area (TPSA) is 84.4 Å². The zero-order valence-corrected chi connectivity index (χ0v) is 18.9. The highest BCUT2D eigenvalue weighted by Crippen LogP contribution is 2.35. The first-order valence-corrected chi connectivity index (χ1v) is 10.9. The van der Waals surface area contributed by atoms with Crippen LogP contribution in [0.5, 0.6) is 0 Å². The Balaban J connectivity index is 1.61. The molecule has 2 aromatic heterocycles. The van der Waals surface area contributed by atoms with E-state index in [1.54, 1.807) is 24.6 Å². The van der Waals surface area contributed by atoms with E-state index in [2.05, 4.69) is 34.0 Å². The van der Waals surface area contributed by atoms with E-state index >= 15 is 0 Å². The molecule has 1 fully saturated rings. The third kappa shape index (κ3) is 4.86. The third-order valence-electron chi connectivity index (χ3n) is 5.23. The summed E-state index contributed by atoms with van der Waals surface area (Å²) in [6.07, 6.45) is 2.18. The number of aromatic nitrogens is 2. The van der Waals surface area contributed by atoms with E-state index in [1.165, 1.54) is 10.4 Å². The minimum atomic E-state index is -0.794. The highest BCUT2D eigenvalue weighted by molar-refractivity contribution is 7.18. The monoisotopic (exact) mass is 418 g/mol. The molecule has 8 heteroatoms. The third-order valence-corrected chi connectivity index (χ3v) is 6.35. The van der Waals surface area contributed by atoms with Crippen LogP contribution >= 0.6 is 11.3 Å². The van der Waals surface area contributed by atoms with Crippen LogP contribution in [0, 0.1) is 19.8 Å². The maximum absolute atomic E-state index is 12.5. The maximum atomic E-state index is 12.5. The van der Waals surface area contributed by atoms with Crippen molar-refractivity contribution in [2.24, 2.45) is 5.92 Å². The van der Waals surface area contributed by atoms with Crippen LogP contribution in [0.1, 0.15) is 51.0 Å². The molecular weight excluding hydrogens is 388 g/mol. The number of hydrogen-bond acceptors (Lipinski definition) is 7. The van der Waals surface area contributed by atoms with E-state index in [4.69, 9.17) is 4.74 Å². The van der Waals surface area contributed by atoms with E-state index < -0.39 is 6.10 Å². The molecule has 1 aliphatic rings. The Morgan fingerprint density at radius 1 is 1.24 bits per heavy atom. The molecule has 3 rings (SSSR count). The maximum Gasteiger partial charge on any atom is 0.309 e. The van der Waals surface area contributed by atoms with Gasteiger partial charge in [-0.2, -0.15) is 0 Å². The van der Waals surface area contributed by atoms with Crippen molar-refractivity contribution < 1.29 is 14.3 Å². The van der Waals surface area contributed by atoms with Crippen molar-refractivity contribution in [3.8, 4) is 0 Å². The van der Waals surface area contributed by atoms with E-state index in [0.29, 0.717) is 12.8 Å². The molecule has 0 aliphatic carbocycles. The lowest BCUT2D eigenvalue weighted by molar-refractivity contribution is -0.159. The van der Waals surface area contributed by atoms with E-state index in [1.807, 2.05) is 20.8 Å². The van der Waals surface area contributed by atoms with Crippen LogP contribution in [-0.4, -0.2) is 46.6 Å². The molecule has 1 N–H and O–H groups in total. The molecule has 0 saturated carbocycles. The van der Waals surface area contributed by atoms with Crippen molar-refractivity contribution in [1.29, 1.82) is 0 Å². The van der Waals surface area contributed by atoms with Crippen LogP contribution in [0.25, 0.3) is 10.2 Å². The predicted molar refractivity (Wildman–Crippen MR) is 115 cm³/mol. The lowest BCUT2D eigenvalue weighted by Crippen LogP contribution is -2.47. The first-order valence-electron chi connectivity index (χ1n) is 10.0. The average molecular weight is 419 g/mol. The molecule has 0 bridgehead atoms. The highest BCUT2D eigenvalue weighted by Gasteiger charge is 2.31. The molecule has 0 radical (unpaired) electrons. The average Bonchev–Trinajstić information content (AvgIpc) is 2.94. The van der Waals surface area contributed by atoms with Crippen LogP contribution in [-0.2, 0) is 14.3 Å². The Hall–Kier alpha value is -2.22. The van der Waals surface area contributed by atoms with Crippen molar-refractivity contribution in [2.45, 2.75) is 66.0 Å². The summed E-state index contributed by atoms with van der Waals surface area (Å²) in [5, 5.41) is 3.96. The van der Waals surface area contributed by atoms with Gasteiger partial charge in [0.1, 0.15) is 17.0 Å². The number of carbonyl (C=O) groups is 2. The van der Waals surface area contributed by atoms with Gasteiger partial charge >= 0.3 is 5.97 Å². The Morgan fingerprint density at radius 3 is 2.52 bits per heavy atom. The van der Waals surface area contributed by atoms with Gasteiger partial charge in [0.2, 0.25) is 0 Å². The molecule has 0 aromatic carbocycles. The van der Waals surface area contributed by atoms with Crippen LogP contribution in [0.3, 0.4) is 0 Å². The van der Waals surface area contributed by atoms with Crippen LogP contribution in [0.2, 0.25) is 0 Å². The summed E-state index contributed by atoms with van der Waals surface area (Å²) in [6, 6.07) is 0. The number of nitrogens with zero attached hydrogens (tertiary/aromatic N) is 3. The van der Waals surface area contributed by atoms with Crippen LogP contribution in [0.4, 0.5) is 5.82 Å². The molecule has 1 atom stereocenters. The summed E-state index contributed by atoms with van der Waals surface area (Å²) < 4.78 is 5.44. The molecule has 1 amide bonds. The first-order chi connectivity index (χ1) is 13.6. The molecule has 3 heterocycles. The zero-order chi connectivity index (χ0) is 21.3.